The maximum Gasteiger partial charge on any atom is 0.223 e. The van der Waals surface area contributed by atoms with E-state index in [1.54, 1.807) is 30.0 Å². The van der Waals surface area contributed by atoms with E-state index in [2.05, 4.69) is 50.5 Å². The van der Waals surface area contributed by atoms with Crippen molar-refractivity contribution in [3.8, 4) is 0 Å². The molecular formula is C34H41N11O2. The van der Waals surface area contributed by atoms with Crippen molar-refractivity contribution < 1.29 is 9.73 Å². The molecule has 7 aromatic rings. The minimum absolute atomic E-state index is 0.180. The summed E-state index contributed by atoms with van der Waals surface area (Å²) in [5.74, 6) is 1.45. The van der Waals surface area contributed by atoms with Gasteiger partial charge in [0.15, 0.2) is 5.82 Å². The molecule has 7 aromatic heterocycles. The molecule has 13 heteroatoms. The van der Waals surface area contributed by atoms with Crippen molar-refractivity contribution >= 4 is 22.4 Å². The summed E-state index contributed by atoms with van der Waals surface area (Å²) in [5, 5.41) is 28.4. The lowest BCUT2D eigenvalue weighted by molar-refractivity contribution is 0.313. The number of hydrogen-bond donors (Lipinski definition) is 3. The summed E-state index contributed by atoms with van der Waals surface area (Å²) in [6.07, 6.45) is 11.1. The van der Waals surface area contributed by atoms with Gasteiger partial charge < -0.3 is 21.2 Å². The molecule has 0 bridgehead atoms. The predicted octanol–water partition coefficient (Wildman–Crippen LogP) is 5.24. The standard InChI is InChI=1S/C13H14N4O.C11H14N4O.C10H13N3/c1-9-15-12(16-18-9)13(2,3)10-4-5-11-6-7-14-17(11)8-10;1-11(2,10(12)14-16)8-3-4-9-5-6-13-15(9)7-8;1-10(2,11)8-3-4-9-5-6-12-13(9)7-8/h4-8H,1-3H3;3-7,16H,1-2H3,(H2,12,14);3-7H,11H2,1-2H3. The lowest BCUT2D eigenvalue weighted by Gasteiger charge is -2.23. The molecule has 7 rings (SSSR count). The summed E-state index contributed by atoms with van der Waals surface area (Å²) in [4.78, 5) is 4.32. The highest BCUT2D eigenvalue weighted by atomic mass is 16.5. The summed E-state index contributed by atoms with van der Waals surface area (Å²) in [6, 6.07) is 17.9. The van der Waals surface area contributed by atoms with Crippen molar-refractivity contribution in [3.63, 3.8) is 0 Å². The van der Waals surface area contributed by atoms with E-state index in [9.17, 15) is 0 Å². The first-order valence-corrected chi connectivity index (χ1v) is 15.1. The summed E-state index contributed by atoms with van der Waals surface area (Å²) in [6.45, 7) is 13.7. The molecule has 0 aliphatic rings. The molecule has 0 saturated carbocycles. The second-order valence-corrected chi connectivity index (χ2v) is 12.9. The number of fused-ring (bicyclic) bond motifs is 3. The highest BCUT2D eigenvalue weighted by Crippen LogP contribution is 2.29. The Balaban J connectivity index is 0.000000140. The van der Waals surface area contributed by atoms with Gasteiger partial charge in [0.2, 0.25) is 5.89 Å². The van der Waals surface area contributed by atoms with Crippen LogP contribution in [-0.4, -0.2) is 50.0 Å². The van der Waals surface area contributed by atoms with Gasteiger partial charge in [-0.1, -0.05) is 28.5 Å². The van der Waals surface area contributed by atoms with Crippen LogP contribution in [0.4, 0.5) is 0 Å². The second-order valence-electron chi connectivity index (χ2n) is 12.9. The van der Waals surface area contributed by atoms with Gasteiger partial charge in [0, 0.05) is 49.6 Å². The van der Waals surface area contributed by atoms with Crippen LogP contribution in [0.15, 0.2) is 101 Å². The Hall–Kier alpha value is -5.56. The quantitative estimate of drug-likeness (QED) is 0.0988. The van der Waals surface area contributed by atoms with Gasteiger partial charge in [-0.25, -0.2) is 13.5 Å². The van der Waals surface area contributed by atoms with Crippen LogP contribution in [-0.2, 0) is 16.4 Å². The Kier molecular flexibility index (Phi) is 8.85. The molecule has 0 fully saturated rings. The first-order chi connectivity index (χ1) is 22.2. The molecule has 0 atom stereocenters. The largest absolute Gasteiger partial charge is 0.409 e. The average molecular weight is 636 g/mol. The van der Waals surface area contributed by atoms with Crippen LogP contribution in [0, 0.1) is 6.92 Å². The monoisotopic (exact) mass is 635 g/mol. The van der Waals surface area contributed by atoms with E-state index in [1.807, 2.05) is 104 Å². The van der Waals surface area contributed by atoms with E-state index in [0.29, 0.717) is 11.7 Å². The lowest BCUT2D eigenvalue weighted by Crippen LogP contribution is -2.36. The second kappa shape index (κ2) is 12.7. The molecule has 7 heterocycles. The number of nitrogens with zero attached hydrogens (tertiary/aromatic N) is 9. The highest BCUT2D eigenvalue weighted by Gasteiger charge is 2.29. The third-order valence-corrected chi connectivity index (χ3v) is 8.21. The van der Waals surface area contributed by atoms with Crippen LogP contribution < -0.4 is 11.5 Å². The van der Waals surface area contributed by atoms with E-state index in [0.717, 1.165) is 33.2 Å². The summed E-state index contributed by atoms with van der Waals surface area (Å²) >= 11 is 0. The van der Waals surface area contributed by atoms with Crippen LogP contribution in [0.2, 0.25) is 0 Å². The number of pyridine rings is 3. The molecule has 47 heavy (non-hydrogen) atoms. The van der Waals surface area contributed by atoms with Crippen molar-refractivity contribution in [2.45, 2.75) is 64.8 Å². The third-order valence-electron chi connectivity index (χ3n) is 8.21. The molecule has 0 amide bonds. The smallest absolute Gasteiger partial charge is 0.223 e. The molecular weight excluding hydrogens is 594 g/mol. The summed E-state index contributed by atoms with van der Waals surface area (Å²) in [7, 11) is 0. The fourth-order valence-corrected chi connectivity index (χ4v) is 4.82. The number of nitrogens with two attached hydrogens (primary N) is 2. The predicted molar refractivity (Wildman–Crippen MR) is 180 cm³/mol. The van der Waals surface area contributed by atoms with Gasteiger partial charge in [-0.05, 0) is 94.6 Å². The van der Waals surface area contributed by atoms with Crippen molar-refractivity contribution in [2.24, 2.45) is 16.6 Å². The van der Waals surface area contributed by atoms with Crippen molar-refractivity contribution in [3.05, 3.63) is 120 Å². The van der Waals surface area contributed by atoms with Gasteiger partial charge in [-0.3, -0.25) is 0 Å². The Bertz CT molecular complexity index is 2140. The molecule has 0 saturated heterocycles. The van der Waals surface area contributed by atoms with Gasteiger partial charge >= 0.3 is 0 Å². The molecule has 0 unspecified atom stereocenters. The van der Waals surface area contributed by atoms with Crippen LogP contribution in [0.3, 0.4) is 0 Å². The summed E-state index contributed by atoms with van der Waals surface area (Å²) < 4.78 is 10.5. The average Bonchev–Trinajstić information content (AvgIpc) is 3.86. The highest BCUT2D eigenvalue weighted by molar-refractivity contribution is 5.90. The first kappa shape index (κ1) is 32.8. The number of oxime groups is 1. The van der Waals surface area contributed by atoms with Gasteiger partial charge in [0.25, 0.3) is 0 Å². The molecule has 244 valence electrons. The van der Waals surface area contributed by atoms with E-state index < -0.39 is 5.41 Å². The molecule has 5 N–H and O–H groups in total. The summed E-state index contributed by atoms with van der Waals surface area (Å²) in [5.41, 5.74) is 16.8. The van der Waals surface area contributed by atoms with Crippen LogP contribution in [0.5, 0.6) is 0 Å². The minimum atomic E-state index is -0.519. The number of hydrogen-bond acceptors (Lipinski definition) is 9. The normalized spacial score (nSPS) is 12.6. The zero-order valence-corrected chi connectivity index (χ0v) is 27.7. The lowest BCUT2D eigenvalue weighted by atomic mass is 9.84. The Morgan fingerprint density at radius 2 is 1.15 bits per heavy atom. The zero-order valence-electron chi connectivity index (χ0n) is 27.7. The van der Waals surface area contributed by atoms with Crippen LogP contribution >= 0.6 is 0 Å². The van der Waals surface area contributed by atoms with Crippen molar-refractivity contribution in [1.29, 1.82) is 0 Å². The molecule has 0 aliphatic carbocycles. The van der Waals surface area contributed by atoms with Gasteiger partial charge in [0.05, 0.1) is 27.4 Å². The Labute approximate surface area is 272 Å². The van der Waals surface area contributed by atoms with Gasteiger partial charge in [-0.15, -0.1) is 0 Å². The maximum atomic E-state index is 8.75. The minimum Gasteiger partial charge on any atom is -0.409 e. The van der Waals surface area contributed by atoms with E-state index >= 15 is 0 Å². The first-order valence-electron chi connectivity index (χ1n) is 15.1. The van der Waals surface area contributed by atoms with E-state index in [-0.39, 0.29) is 16.8 Å². The number of amidine groups is 1. The zero-order chi connectivity index (χ0) is 34.0. The molecule has 0 aliphatic heterocycles. The SMILES string of the molecule is CC(C)(/C(N)=N/O)c1ccc2ccnn2c1.CC(C)(N)c1ccc2ccnn2c1.Cc1nc(C(C)(C)c2ccc3ccnn3c2)no1. The maximum absolute atomic E-state index is 8.75. The van der Waals surface area contributed by atoms with Gasteiger partial charge in [-0.2, -0.15) is 20.3 Å². The number of aryl methyl sites for hydroxylation is 1. The fourth-order valence-electron chi connectivity index (χ4n) is 4.82. The van der Waals surface area contributed by atoms with Crippen molar-refractivity contribution in [1.82, 2.24) is 39.0 Å². The van der Waals surface area contributed by atoms with Crippen LogP contribution in [0.1, 0.15) is 69.9 Å². The molecule has 0 spiro atoms. The Morgan fingerprint density at radius 1 is 0.702 bits per heavy atom. The topological polar surface area (TPSA) is 175 Å². The number of aromatic nitrogens is 8. The molecule has 0 radical (unpaired) electrons. The van der Waals surface area contributed by atoms with Gasteiger partial charge in [0.1, 0.15) is 5.84 Å². The van der Waals surface area contributed by atoms with E-state index in [1.165, 1.54) is 0 Å². The van der Waals surface area contributed by atoms with E-state index in [4.69, 9.17) is 21.2 Å². The third kappa shape index (κ3) is 6.99. The van der Waals surface area contributed by atoms with Crippen molar-refractivity contribution in [2.75, 3.05) is 0 Å². The fraction of sp³-hybridized carbons (Fsp3) is 0.294. The Morgan fingerprint density at radius 3 is 1.60 bits per heavy atom. The molecule has 0 aromatic carbocycles. The molecule has 13 nitrogen and oxygen atoms in total. The number of rotatable bonds is 5. The van der Waals surface area contributed by atoms with Crippen LogP contribution in [0.25, 0.3) is 16.6 Å².